The molecule has 1 saturated heterocycles. The van der Waals surface area contributed by atoms with Crippen LogP contribution in [0.2, 0.25) is 0 Å². The topological polar surface area (TPSA) is 78.9 Å². The van der Waals surface area contributed by atoms with E-state index in [2.05, 4.69) is 5.32 Å². The van der Waals surface area contributed by atoms with Crippen LogP contribution in [-0.2, 0) is 4.79 Å². The summed E-state index contributed by atoms with van der Waals surface area (Å²) in [4.78, 5) is 26.5. The van der Waals surface area contributed by atoms with Crippen LogP contribution in [0.15, 0.2) is 18.2 Å². The number of hydrogen-bond acceptors (Lipinski definition) is 4. The van der Waals surface area contributed by atoms with Crippen LogP contribution in [0.4, 0.5) is 4.79 Å². The molecule has 1 aromatic rings. The smallest absolute Gasteiger partial charge is 0.325 e. The Kier molecular flexibility index (Phi) is 6.05. The minimum atomic E-state index is -0.928. The van der Waals surface area contributed by atoms with Gasteiger partial charge in [0.25, 0.3) is 5.91 Å². The largest absolute Gasteiger partial charge is 0.490 e. The lowest BCUT2D eigenvalue weighted by Gasteiger charge is -2.28. The third-order valence-electron chi connectivity index (χ3n) is 5.68. The number of benzene rings is 1. The molecular formula is C21H30N2O4. The third-order valence-corrected chi connectivity index (χ3v) is 5.68. The van der Waals surface area contributed by atoms with Crippen LogP contribution in [-0.4, -0.2) is 46.7 Å². The summed E-state index contributed by atoms with van der Waals surface area (Å²) in [6.07, 6.45) is 5.70. The number of rotatable bonds is 5. The van der Waals surface area contributed by atoms with Crippen LogP contribution in [0.3, 0.4) is 0 Å². The van der Waals surface area contributed by atoms with Crippen molar-refractivity contribution in [2.75, 3.05) is 13.2 Å². The molecule has 6 nitrogen and oxygen atoms in total. The summed E-state index contributed by atoms with van der Waals surface area (Å²) in [5, 5.41) is 13.3. The Labute approximate surface area is 160 Å². The molecule has 2 N–H and O–H groups in total. The zero-order valence-electron chi connectivity index (χ0n) is 16.3. The average molecular weight is 374 g/mol. The quantitative estimate of drug-likeness (QED) is 0.777. The van der Waals surface area contributed by atoms with E-state index in [4.69, 9.17) is 4.74 Å². The van der Waals surface area contributed by atoms with Gasteiger partial charge in [0.2, 0.25) is 0 Å². The molecule has 2 aliphatic rings. The van der Waals surface area contributed by atoms with Gasteiger partial charge in [-0.25, -0.2) is 4.79 Å². The van der Waals surface area contributed by atoms with E-state index in [0.29, 0.717) is 12.8 Å². The van der Waals surface area contributed by atoms with Gasteiger partial charge in [-0.3, -0.25) is 9.69 Å². The number of carbonyl (C=O) groups is 2. The molecular weight excluding hydrogens is 344 g/mol. The second kappa shape index (κ2) is 8.30. The molecule has 27 heavy (non-hydrogen) atoms. The Hall–Kier alpha value is -2.08. The molecule has 6 heteroatoms. The molecule has 1 saturated carbocycles. The molecule has 3 amide bonds. The number of carbonyl (C=O) groups excluding carboxylic acids is 2. The lowest BCUT2D eigenvalue weighted by atomic mass is 9.84. The molecule has 1 aliphatic carbocycles. The predicted molar refractivity (Wildman–Crippen MR) is 103 cm³/mol. The molecule has 1 atom stereocenters. The van der Waals surface area contributed by atoms with E-state index in [-0.39, 0.29) is 19.1 Å². The second-order valence-corrected chi connectivity index (χ2v) is 7.88. The Morgan fingerprint density at radius 3 is 2.33 bits per heavy atom. The monoisotopic (exact) mass is 374 g/mol. The summed E-state index contributed by atoms with van der Waals surface area (Å²) in [6, 6.07) is 5.46. The number of ether oxygens (including phenoxy) is 1. The van der Waals surface area contributed by atoms with Crippen LogP contribution >= 0.6 is 0 Å². The standard InChI is InChI=1S/C21H30N2O4/c1-15-9-8-10-16(2)18(15)27-14-17(24)13-23-19(25)21(22-20(23)26)11-6-4-3-5-7-12-21/h8-10,17,24H,3-7,11-14H2,1-2H3,(H,22,26). The first-order valence-electron chi connectivity index (χ1n) is 9.94. The maximum atomic E-state index is 13.0. The fourth-order valence-corrected chi connectivity index (χ4v) is 4.16. The number of aryl methyl sites for hydroxylation is 2. The number of aliphatic hydroxyl groups is 1. The van der Waals surface area contributed by atoms with Crippen molar-refractivity contribution in [1.82, 2.24) is 10.2 Å². The molecule has 0 radical (unpaired) electrons. The number of aliphatic hydroxyl groups excluding tert-OH is 1. The first-order chi connectivity index (χ1) is 12.9. The summed E-state index contributed by atoms with van der Waals surface area (Å²) in [6.45, 7) is 3.89. The maximum absolute atomic E-state index is 13.0. The van der Waals surface area contributed by atoms with E-state index in [1.54, 1.807) is 0 Å². The van der Waals surface area contributed by atoms with Crippen LogP contribution in [0.5, 0.6) is 5.75 Å². The zero-order valence-corrected chi connectivity index (χ0v) is 16.3. The summed E-state index contributed by atoms with van der Waals surface area (Å²) >= 11 is 0. The Morgan fingerprint density at radius 2 is 1.70 bits per heavy atom. The highest BCUT2D eigenvalue weighted by atomic mass is 16.5. The van der Waals surface area contributed by atoms with Crippen LogP contribution in [0.1, 0.15) is 56.1 Å². The SMILES string of the molecule is Cc1cccc(C)c1OCC(O)CN1C(=O)NC2(CCCCCCC2)C1=O. The Morgan fingerprint density at radius 1 is 1.11 bits per heavy atom. The molecule has 3 rings (SSSR count). The van der Waals surface area contributed by atoms with Crippen molar-refractivity contribution >= 4 is 11.9 Å². The first-order valence-corrected chi connectivity index (χ1v) is 9.94. The third kappa shape index (κ3) is 4.26. The summed E-state index contributed by atoms with van der Waals surface area (Å²) in [7, 11) is 0. The number of imide groups is 1. The van der Waals surface area contributed by atoms with Gasteiger partial charge in [-0.15, -0.1) is 0 Å². The number of para-hydroxylation sites is 1. The number of amides is 3. The van der Waals surface area contributed by atoms with Gasteiger partial charge >= 0.3 is 6.03 Å². The Balaban J connectivity index is 1.61. The van der Waals surface area contributed by atoms with E-state index >= 15 is 0 Å². The van der Waals surface area contributed by atoms with Crippen molar-refractivity contribution in [2.45, 2.75) is 70.4 Å². The van der Waals surface area contributed by atoms with Gasteiger partial charge in [0.1, 0.15) is 24.0 Å². The number of nitrogens with one attached hydrogen (secondary N) is 1. The van der Waals surface area contributed by atoms with Crippen molar-refractivity contribution < 1.29 is 19.4 Å². The highest BCUT2D eigenvalue weighted by Crippen LogP contribution is 2.32. The van der Waals surface area contributed by atoms with Gasteiger partial charge in [-0.05, 0) is 37.8 Å². The highest BCUT2D eigenvalue weighted by molar-refractivity contribution is 6.07. The van der Waals surface area contributed by atoms with Crippen LogP contribution in [0.25, 0.3) is 0 Å². The minimum Gasteiger partial charge on any atom is -0.490 e. The number of urea groups is 1. The highest BCUT2D eigenvalue weighted by Gasteiger charge is 2.50. The zero-order chi connectivity index (χ0) is 19.4. The maximum Gasteiger partial charge on any atom is 0.325 e. The summed E-state index contributed by atoms with van der Waals surface area (Å²) < 4.78 is 5.76. The number of β-amino-alcohol motifs (C(OH)–C–C–N with tert-alkyl or cyclic N) is 1. The van der Waals surface area contributed by atoms with Gasteiger partial charge in [0.05, 0.1) is 6.54 Å². The minimum absolute atomic E-state index is 0.0375. The van der Waals surface area contributed by atoms with Gasteiger partial charge in [-0.1, -0.05) is 50.3 Å². The molecule has 148 valence electrons. The molecule has 1 aromatic carbocycles. The fourth-order valence-electron chi connectivity index (χ4n) is 4.16. The summed E-state index contributed by atoms with van der Waals surface area (Å²) in [5.41, 5.74) is 1.21. The molecule has 1 aliphatic heterocycles. The van der Waals surface area contributed by atoms with Crippen LogP contribution < -0.4 is 10.1 Å². The normalized spacial score (nSPS) is 20.9. The van der Waals surface area contributed by atoms with Gasteiger partial charge in [0.15, 0.2) is 0 Å². The lowest BCUT2D eigenvalue weighted by molar-refractivity contribution is -0.133. The van der Waals surface area contributed by atoms with E-state index in [9.17, 15) is 14.7 Å². The molecule has 0 bridgehead atoms. The average Bonchev–Trinajstić information content (AvgIpc) is 2.83. The predicted octanol–water partition coefficient (Wildman–Crippen LogP) is 3.08. The van der Waals surface area contributed by atoms with Crippen molar-refractivity contribution in [3.8, 4) is 5.75 Å². The second-order valence-electron chi connectivity index (χ2n) is 7.88. The van der Waals surface area contributed by atoms with Crippen LogP contribution in [0, 0.1) is 13.8 Å². The van der Waals surface area contributed by atoms with E-state index in [1.165, 1.54) is 11.3 Å². The molecule has 1 heterocycles. The first kappa shape index (κ1) is 19.7. The summed E-state index contributed by atoms with van der Waals surface area (Å²) in [5.74, 6) is 0.547. The lowest BCUT2D eigenvalue weighted by Crippen LogP contribution is -2.48. The van der Waals surface area contributed by atoms with Gasteiger partial charge < -0.3 is 15.2 Å². The van der Waals surface area contributed by atoms with E-state index in [0.717, 1.165) is 42.6 Å². The van der Waals surface area contributed by atoms with Crippen molar-refractivity contribution in [3.63, 3.8) is 0 Å². The Bertz CT molecular complexity index is 675. The van der Waals surface area contributed by atoms with E-state index < -0.39 is 17.7 Å². The molecule has 2 fully saturated rings. The molecule has 1 unspecified atom stereocenters. The van der Waals surface area contributed by atoms with Gasteiger partial charge in [0, 0.05) is 0 Å². The van der Waals surface area contributed by atoms with Crippen molar-refractivity contribution in [1.29, 1.82) is 0 Å². The molecule has 1 spiro atoms. The fraction of sp³-hybridized carbons (Fsp3) is 0.619. The number of hydrogen-bond donors (Lipinski definition) is 2. The molecule has 0 aromatic heterocycles. The van der Waals surface area contributed by atoms with Crippen molar-refractivity contribution in [3.05, 3.63) is 29.3 Å². The van der Waals surface area contributed by atoms with E-state index in [1.807, 2.05) is 32.0 Å². The number of nitrogens with zero attached hydrogens (tertiary/aromatic N) is 1. The van der Waals surface area contributed by atoms with Crippen molar-refractivity contribution in [2.24, 2.45) is 0 Å². The van der Waals surface area contributed by atoms with Gasteiger partial charge in [-0.2, -0.15) is 0 Å².